The van der Waals surface area contributed by atoms with Crippen LogP contribution in [-0.2, 0) is 6.61 Å². The van der Waals surface area contributed by atoms with Crippen molar-refractivity contribution in [3.8, 4) is 5.75 Å². The number of aliphatic hydroxyl groups is 1. The van der Waals surface area contributed by atoms with Gasteiger partial charge in [0.05, 0.1) is 11.7 Å². The smallest absolute Gasteiger partial charge is 0.132 e. The van der Waals surface area contributed by atoms with Crippen molar-refractivity contribution < 1.29 is 18.6 Å². The second kappa shape index (κ2) is 6.20. The van der Waals surface area contributed by atoms with Gasteiger partial charge in [0.15, 0.2) is 0 Å². The van der Waals surface area contributed by atoms with E-state index in [0.717, 1.165) is 0 Å². The Hall–Kier alpha value is -1.65. The van der Waals surface area contributed by atoms with Gasteiger partial charge in [-0.25, -0.2) is 8.78 Å². The van der Waals surface area contributed by atoms with Crippen LogP contribution >= 0.6 is 11.6 Å². The van der Waals surface area contributed by atoms with Gasteiger partial charge in [0, 0.05) is 10.6 Å². The van der Waals surface area contributed by atoms with E-state index in [4.69, 9.17) is 16.3 Å². The van der Waals surface area contributed by atoms with Crippen LogP contribution in [0.25, 0.3) is 0 Å². The van der Waals surface area contributed by atoms with E-state index in [1.807, 2.05) is 0 Å². The Bertz CT molecular complexity index is 595. The molecule has 0 amide bonds. The summed E-state index contributed by atoms with van der Waals surface area (Å²) in [4.78, 5) is 0. The molecule has 0 aromatic heterocycles. The summed E-state index contributed by atoms with van der Waals surface area (Å²) >= 11 is 5.84. The average molecular weight is 299 g/mol. The quantitative estimate of drug-likeness (QED) is 0.914. The van der Waals surface area contributed by atoms with Crippen LogP contribution in [0.15, 0.2) is 36.4 Å². The molecule has 0 saturated carbocycles. The summed E-state index contributed by atoms with van der Waals surface area (Å²) in [6.07, 6.45) is -0.797. The molecule has 0 spiro atoms. The molecule has 0 radical (unpaired) electrons. The van der Waals surface area contributed by atoms with Crippen molar-refractivity contribution in [3.05, 3.63) is 64.2 Å². The van der Waals surface area contributed by atoms with Crippen LogP contribution in [-0.4, -0.2) is 5.11 Å². The first-order chi connectivity index (χ1) is 9.49. The molecular weight excluding hydrogens is 286 g/mol. The second-order valence-electron chi connectivity index (χ2n) is 4.35. The molecule has 1 unspecified atom stereocenters. The Morgan fingerprint density at radius 2 is 1.85 bits per heavy atom. The van der Waals surface area contributed by atoms with Crippen LogP contribution in [0.2, 0.25) is 5.02 Å². The molecule has 1 N–H and O–H groups in total. The van der Waals surface area contributed by atoms with Crippen LogP contribution in [0.4, 0.5) is 8.78 Å². The lowest BCUT2D eigenvalue weighted by Crippen LogP contribution is -2.04. The number of halogens is 3. The molecule has 0 heterocycles. The van der Waals surface area contributed by atoms with E-state index in [9.17, 15) is 13.9 Å². The summed E-state index contributed by atoms with van der Waals surface area (Å²) in [6, 6.07) is 8.32. The van der Waals surface area contributed by atoms with Crippen LogP contribution in [0.5, 0.6) is 5.75 Å². The minimum Gasteiger partial charge on any atom is -0.488 e. The minimum atomic E-state index is -0.797. The maximum atomic E-state index is 13.5. The van der Waals surface area contributed by atoms with E-state index in [-0.39, 0.29) is 12.2 Å². The first kappa shape index (κ1) is 14.8. The first-order valence-corrected chi connectivity index (χ1v) is 6.40. The van der Waals surface area contributed by atoms with Gasteiger partial charge < -0.3 is 9.84 Å². The van der Waals surface area contributed by atoms with Gasteiger partial charge in [-0.2, -0.15) is 0 Å². The Balaban J connectivity index is 2.23. The van der Waals surface area contributed by atoms with Gasteiger partial charge in [-0.15, -0.1) is 0 Å². The predicted molar refractivity (Wildman–Crippen MR) is 72.8 cm³/mol. The number of ether oxygens (including phenoxy) is 1. The molecule has 0 bridgehead atoms. The molecule has 1 atom stereocenters. The third-order valence-electron chi connectivity index (χ3n) is 2.86. The van der Waals surface area contributed by atoms with E-state index < -0.39 is 17.7 Å². The molecular formula is C15H13ClF2O2. The van der Waals surface area contributed by atoms with E-state index in [1.54, 1.807) is 25.1 Å². The minimum absolute atomic E-state index is 0.154. The van der Waals surface area contributed by atoms with Crippen molar-refractivity contribution in [2.24, 2.45) is 0 Å². The van der Waals surface area contributed by atoms with Crippen molar-refractivity contribution in [2.75, 3.05) is 0 Å². The van der Waals surface area contributed by atoms with E-state index in [0.29, 0.717) is 16.3 Å². The second-order valence-corrected chi connectivity index (χ2v) is 4.78. The van der Waals surface area contributed by atoms with E-state index in [2.05, 4.69) is 0 Å². The van der Waals surface area contributed by atoms with Gasteiger partial charge in [-0.3, -0.25) is 0 Å². The zero-order chi connectivity index (χ0) is 14.7. The summed E-state index contributed by atoms with van der Waals surface area (Å²) < 4.78 is 32.4. The summed E-state index contributed by atoms with van der Waals surface area (Å²) in [7, 11) is 0. The summed E-state index contributed by atoms with van der Waals surface area (Å²) in [5.41, 5.74) is 0.313. The lowest BCUT2D eigenvalue weighted by atomic mass is 10.1. The third-order valence-corrected chi connectivity index (χ3v) is 3.09. The third kappa shape index (κ3) is 3.26. The molecule has 0 aliphatic carbocycles. The topological polar surface area (TPSA) is 29.5 Å². The molecule has 0 saturated heterocycles. The lowest BCUT2D eigenvalue weighted by molar-refractivity contribution is 0.189. The number of hydrogen-bond acceptors (Lipinski definition) is 2. The van der Waals surface area contributed by atoms with E-state index in [1.165, 1.54) is 18.2 Å². The first-order valence-electron chi connectivity index (χ1n) is 6.02. The summed E-state index contributed by atoms with van der Waals surface area (Å²) in [5, 5.41) is 10.1. The van der Waals surface area contributed by atoms with Crippen molar-refractivity contribution in [1.82, 2.24) is 0 Å². The van der Waals surface area contributed by atoms with E-state index >= 15 is 0 Å². The van der Waals surface area contributed by atoms with Gasteiger partial charge in [0.2, 0.25) is 0 Å². The average Bonchev–Trinajstić information content (AvgIpc) is 2.39. The molecule has 2 rings (SSSR count). The molecule has 0 aliphatic rings. The molecule has 0 fully saturated rings. The van der Waals surface area contributed by atoms with Crippen molar-refractivity contribution >= 4 is 11.6 Å². The maximum Gasteiger partial charge on any atom is 0.132 e. The number of benzene rings is 2. The van der Waals surface area contributed by atoms with Gasteiger partial charge in [0.25, 0.3) is 0 Å². The van der Waals surface area contributed by atoms with Crippen LogP contribution < -0.4 is 4.74 Å². The fourth-order valence-corrected chi connectivity index (χ4v) is 1.98. The summed E-state index contributed by atoms with van der Waals surface area (Å²) in [6.45, 7) is 1.29. The number of hydrogen-bond donors (Lipinski definition) is 1. The highest BCUT2D eigenvalue weighted by Crippen LogP contribution is 2.29. The SMILES string of the molecule is CC(O)c1cc(Cl)ccc1OCc1c(F)cccc1F. The Morgan fingerprint density at radius 1 is 1.20 bits per heavy atom. The predicted octanol–water partition coefficient (Wildman–Crippen LogP) is 4.25. The van der Waals surface area contributed by atoms with Crippen molar-refractivity contribution in [3.63, 3.8) is 0 Å². The number of rotatable bonds is 4. The highest BCUT2D eigenvalue weighted by molar-refractivity contribution is 6.30. The van der Waals surface area contributed by atoms with Crippen LogP contribution in [0, 0.1) is 11.6 Å². The molecule has 20 heavy (non-hydrogen) atoms. The Labute approximate surface area is 120 Å². The fourth-order valence-electron chi connectivity index (χ4n) is 1.80. The zero-order valence-electron chi connectivity index (χ0n) is 10.7. The largest absolute Gasteiger partial charge is 0.488 e. The molecule has 5 heteroatoms. The molecule has 0 aliphatic heterocycles. The van der Waals surface area contributed by atoms with Gasteiger partial charge in [0.1, 0.15) is 24.0 Å². The van der Waals surface area contributed by atoms with Crippen LogP contribution in [0.3, 0.4) is 0 Å². The Kier molecular flexibility index (Phi) is 4.57. The zero-order valence-corrected chi connectivity index (χ0v) is 11.5. The van der Waals surface area contributed by atoms with Gasteiger partial charge in [-0.1, -0.05) is 17.7 Å². The molecule has 2 nitrogen and oxygen atoms in total. The standard InChI is InChI=1S/C15H13ClF2O2/c1-9(19)11-7-10(16)5-6-15(11)20-8-12-13(17)3-2-4-14(12)18/h2-7,9,19H,8H2,1H3. The lowest BCUT2D eigenvalue weighted by Gasteiger charge is -2.14. The monoisotopic (exact) mass is 298 g/mol. The molecule has 106 valence electrons. The molecule has 2 aromatic carbocycles. The highest BCUT2D eigenvalue weighted by atomic mass is 35.5. The highest BCUT2D eigenvalue weighted by Gasteiger charge is 2.13. The normalized spacial score (nSPS) is 12.2. The van der Waals surface area contributed by atoms with Crippen molar-refractivity contribution in [2.45, 2.75) is 19.6 Å². The molecule has 2 aromatic rings. The summed E-state index contributed by atoms with van der Waals surface area (Å²) in [5.74, 6) is -0.998. The van der Waals surface area contributed by atoms with Gasteiger partial charge in [-0.05, 0) is 37.3 Å². The Morgan fingerprint density at radius 3 is 2.45 bits per heavy atom. The van der Waals surface area contributed by atoms with Gasteiger partial charge >= 0.3 is 0 Å². The number of aliphatic hydroxyl groups excluding tert-OH is 1. The van der Waals surface area contributed by atoms with Crippen molar-refractivity contribution in [1.29, 1.82) is 0 Å². The maximum absolute atomic E-state index is 13.5. The van der Waals surface area contributed by atoms with Crippen LogP contribution in [0.1, 0.15) is 24.2 Å². The fraction of sp³-hybridized carbons (Fsp3) is 0.200.